The molecule has 1 heterocycles. The highest BCUT2D eigenvalue weighted by atomic mass is 19.2. The van der Waals surface area contributed by atoms with Gasteiger partial charge in [-0.15, -0.1) is 0 Å². The van der Waals surface area contributed by atoms with Crippen LogP contribution in [-0.2, 0) is 9.59 Å². The molecular formula is C23H24F2N2O3. The summed E-state index contributed by atoms with van der Waals surface area (Å²) in [5.74, 6) is -1.94. The van der Waals surface area contributed by atoms with Gasteiger partial charge in [-0.2, -0.15) is 0 Å². The Balaban J connectivity index is 1.97. The van der Waals surface area contributed by atoms with Crippen LogP contribution in [0.2, 0.25) is 0 Å². The topological polar surface area (TPSA) is 58.6 Å². The van der Waals surface area contributed by atoms with Crippen molar-refractivity contribution in [3.05, 3.63) is 65.4 Å². The third-order valence-electron chi connectivity index (χ3n) is 4.53. The van der Waals surface area contributed by atoms with Gasteiger partial charge in [-0.1, -0.05) is 32.9 Å². The molecule has 0 spiro atoms. The van der Waals surface area contributed by atoms with Crippen LogP contribution in [-0.4, -0.2) is 29.9 Å². The molecule has 0 bridgehead atoms. The van der Waals surface area contributed by atoms with Crippen molar-refractivity contribution >= 4 is 23.1 Å². The van der Waals surface area contributed by atoms with Gasteiger partial charge in [-0.05, 0) is 42.2 Å². The van der Waals surface area contributed by atoms with Crippen molar-refractivity contribution in [3.8, 4) is 5.75 Å². The molecule has 7 heteroatoms. The molecule has 1 N–H and O–H groups in total. The predicted octanol–water partition coefficient (Wildman–Crippen LogP) is 4.60. The minimum absolute atomic E-state index is 0.0373. The molecule has 0 aliphatic carbocycles. The van der Waals surface area contributed by atoms with E-state index in [1.54, 1.807) is 24.3 Å². The maximum atomic E-state index is 13.6. The van der Waals surface area contributed by atoms with Gasteiger partial charge in [-0.25, -0.2) is 8.78 Å². The molecule has 3 rings (SSSR count). The molecule has 0 saturated carbocycles. The minimum atomic E-state index is -1.05. The van der Waals surface area contributed by atoms with Crippen LogP contribution in [0.15, 0.2) is 48.2 Å². The van der Waals surface area contributed by atoms with E-state index < -0.39 is 23.4 Å². The molecule has 0 radical (unpaired) electrons. The van der Waals surface area contributed by atoms with Gasteiger partial charge >= 0.3 is 0 Å². The van der Waals surface area contributed by atoms with Crippen LogP contribution in [0.3, 0.4) is 0 Å². The van der Waals surface area contributed by atoms with Crippen molar-refractivity contribution in [1.82, 2.24) is 4.90 Å². The number of hydrogen-bond donors (Lipinski definition) is 1. The summed E-state index contributed by atoms with van der Waals surface area (Å²) < 4.78 is 32.5. The number of carbonyl (C=O) groups is 2. The van der Waals surface area contributed by atoms with Crippen LogP contribution in [0.25, 0.3) is 5.57 Å². The maximum Gasteiger partial charge on any atom is 0.278 e. The van der Waals surface area contributed by atoms with Crippen LogP contribution >= 0.6 is 0 Å². The molecular weight excluding hydrogens is 390 g/mol. The second-order valence-electron chi connectivity index (χ2n) is 7.50. The number of benzene rings is 2. The number of amides is 2. The average Bonchev–Trinajstić information content (AvgIpc) is 2.94. The minimum Gasteiger partial charge on any atom is -0.493 e. The summed E-state index contributed by atoms with van der Waals surface area (Å²) in [6.45, 7) is 6.77. The van der Waals surface area contributed by atoms with Gasteiger partial charge in [0, 0.05) is 18.3 Å². The lowest BCUT2D eigenvalue weighted by Crippen LogP contribution is -2.33. The number of imide groups is 1. The molecule has 0 atom stereocenters. The Morgan fingerprint density at radius 2 is 1.70 bits per heavy atom. The molecule has 1 aliphatic rings. The predicted molar refractivity (Wildman–Crippen MR) is 111 cm³/mol. The first-order chi connectivity index (χ1) is 14.3. The lowest BCUT2D eigenvalue weighted by atomic mass is 10.0. The standard InChI is InChI=1S/C23H24F2N2O3/c1-4-11-27-22(28)20(15-5-8-17(9-6-15)30-13-14(2)3)21(23(27)29)26-16-7-10-18(24)19(25)12-16/h5-10,12,14,26H,4,11,13H2,1-3H3. The fraction of sp³-hybridized carbons (Fsp3) is 0.304. The van der Waals surface area contributed by atoms with E-state index >= 15 is 0 Å². The zero-order valence-corrected chi connectivity index (χ0v) is 17.2. The van der Waals surface area contributed by atoms with E-state index in [0.29, 0.717) is 30.3 Å². The fourth-order valence-corrected chi connectivity index (χ4v) is 3.09. The Labute approximate surface area is 174 Å². The number of halogens is 2. The summed E-state index contributed by atoms with van der Waals surface area (Å²) in [7, 11) is 0. The van der Waals surface area contributed by atoms with Gasteiger partial charge in [0.15, 0.2) is 11.6 Å². The van der Waals surface area contributed by atoms with Crippen molar-refractivity contribution < 1.29 is 23.1 Å². The molecule has 0 unspecified atom stereocenters. The lowest BCUT2D eigenvalue weighted by molar-refractivity contribution is -0.136. The van der Waals surface area contributed by atoms with Crippen LogP contribution in [0.5, 0.6) is 5.75 Å². The first-order valence-electron chi connectivity index (χ1n) is 9.87. The highest BCUT2D eigenvalue weighted by Gasteiger charge is 2.38. The van der Waals surface area contributed by atoms with Crippen LogP contribution in [0, 0.1) is 17.6 Å². The maximum absolute atomic E-state index is 13.6. The number of rotatable bonds is 8. The quantitative estimate of drug-likeness (QED) is 0.642. The number of nitrogens with zero attached hydrogens (tertiary/aromatic N) is 1. The third-order valence-corrected chi connectivity index (χ3v) is 4.53. The second kappa shape index (κ2) is 9.07. The highest BCUT2D eigenvalue weighted by Crippen LogP contribution is 2.31. The third kappa shape index (κ3) is 4.50. The van der Waals surface area contributed by atoms with Crippen molar-refractivity contribution in [1.29, 1.82) is 0 Å². The number of hydrogen-bond acceptors (Lipinski definition) is 4. The Morgan fingerprint density at radius 3 is 2.30 bits per heavy atom. The molecule has 2 aromatic carbocycles. The molecule has 0 aromatic heterocycles. The number of anilines is 1. The summed E-state index contributed by atoms with van der Waals surface area (Å²) in [6.07, 6.45) is 0.602. The summed E-state index contributed by atoms with van der Waals surface area (Å²) in [4.78, 5) is 27.0. The van der Waals surface area contributed by atoms with Gasteiger partial charge in [0.1, 0.15) is 11.4 Å². The first-order valence-corrected chi connectivity index (χ1v) is 9.87. The van der Waals surface area contributed by atoms with Crippen molar-refractivity contribution in [3.63, 3.8) is 0 Å². The zero-order valence-electron chi connectivity index (χ0n) is 17.2. The summed E-state index contributed by atoms with van der Waals surface area (Å²) in [6, 6.07) is 10.1. The normalized spacial score (nSPS) is 14.1. The average molecular weight is 414 g/mol. The van der Waals surface area contributed by atoms with E-state index in [4.69, 9.17) is 4.74 Å². The van der Waals surface area contributed by atoms with E-state index in [9.17, 15) is 18.4 Å². The summed E-state index contributed by atoms with van der Waals surface area (Å²) >= 11 is 0. The highest BCUT2D eigenvalue weighted by molar-refractivity contribution is 6.36. The fourth-order valence-electron chi connectivity index (χ4n) is 3.09. The Kier molecular flexibility index (Phi) is 6.50. The molecule has 2 amide bonds. The van der Waals surface area contributed by atoms with Crippen LogP contribution in [0.1, 0.15) is 32.8 Å². The summed E-state index contributed by atoms with van der Waals surface area (Å²) in [5.41, 5.74) is 0.940. The number of nitrogens with one attached hydrogen (secondary N) is 1. The van der Waals surface area contributed by atoms with E-state index in [1.165, 1.54) is 6.07 Å². The van der Waals surface area contributed by atoms with E-state index in [-0.39, 0.29) is 23.5 Å². The van der Waals surface area contributed by atoms with Gasteiger partial charge in [-0.3, -0.25) is 14.5 Å². The van der Waals surface area contributed by atoms with Gasteiger partial charge < -0.3 is 10.1 Å². The smallest absolute Gasteiger partial charge is 0.278 e. The Morgan fingerprint density at radius 1 is 1.00 bits per heavy atom. The summed E-state index contributed by atoms with van der Waals surface area (Å²) in [5, 5.41) is 2.81. The van der Waals surface area contributed by atoms with Gasteiger partial charge in [0.2, 0.25) is 0 Å². The van der Waals surface area contributed by atoms with Crippen molar-refractivity contribution in [2.75, 3.05) is 18.5 Å². The molecule has 5 nitrogen and oxygen atoms in total. The van der Waals surface area contributed by atoms with Gasteiger partial charge in [0.05, 0.1) is 12.2 Å². The van der Waals surface area contributed by atoms with Gasteiger partial charge in [0.25, 0.3) is 11.8 Å². The monoisotopic (exact) mass is 414 g/mol. The molecule has 1 aliphatic heterocycles. The van der Waals surface area contributed by atoms with E-state index in [1.807, 2.05) is 20.8 Å². The van der Waals surface area contributed by atoms with E-state index in [0.717, 1.165) is 17.0 Å². The number of carbonyl (C=O) groups excluding carboxylic acids is 2. The molecule has 0 fully saturated rings. The second-order valence-corrected chi connectivity index (χ2v) is 7.50. The van der Waals surface area contributed by atoms with Crippen molar-refractivity contribution in [2.24, 2.45) is 5.92 Å². The number of ether oxygens (including phenoxy) is 1. The van der Waals surface area contributed by atoms with Crippen LogP contribution < -0.4 is 10.1 Å². The molecule has 0 saturated heterocycles. The molecule has 158 valence electrons. The zero-order chi connectivity index (χ0) is 21.8. The molecule has 30 heavy (non-hydrogen) atoms. The van der Waals surface area contributed by atoms with Crippen LogP contribution in [0.4, 0.5) is 14.5 Å². The van der Waals surface area contributed by atoms with Crippen molar-refractivity contribution in [2.45, 2.75) is 27.2 Å². The largest absolute Gasteiger partial charge is 0.493 e. The molecule has 2 aromatic rings. The van der Waals surface area contributed by atoms with E-state index in [2.05, 4.69) is 5.32 Å². The lowest BCUT2D eigenvalue weighted by Gasteiger charge is -2.14. The SMILES string of the molecule is CCCN1C(=O)C(Nc2ccc(F)c(F)c2)=C(c2ccc(OCC(C)C)cc2)C1=O. The Bertz CT molecular complexity index is 984. The first kappa shape index (κ1) is 21.5. The Hall–Kier alpha value is -3.22.